The fourth-order valence-electron chi connectivity index (χ4n) is 2.83. The van der Waals surface area contributed by atoms with Crippen LogP contribution in [0.2, 0.25) is 0 Å². The number of rotatable bonds is 2. The summed E-state index contributed by atoms with van der Waals surface area (Å²) in [6.07, 6.45) is 4.76. The van der Waals surface area contributed by atoms with Crippen LogP contribution >= 0.6 is 0 Å². The van der Waals surface area contributed by atoms with Crippen molar-refractivity contribution >= 4 is 0 Å². The van der Waals surface area contributed by atoms with Crippen molar-refractivity contribution in [3.8, 4) is 11.8 Å². The molecule has 0 aliphatic heterocycles. The van der Waals surface area contributed by atoms with Crippen molar-refractivity contribution in [3.63, 3.8) is 0 Å². The second kappa shape index (κ2) is 5.04. The largest absolute Gasteiger partial charge is 0.234 e. The molecule has 1 heterocycles. The Balaban J connectivity index is 2.09. The molecule has 0 radical (unpaired) electrons. The van der Waals surface area contributed by atoms with E-state index < -0.39 is 11.6 Å². The van der Waals surface area contributed by atoms with Gasteiger partial charge in [-0.1, -0.05) is 0 Å². The molecule has 0 fully saturated rings. The van der Waals surface area contributed by atoms with Gasteiger partial charge in [-0.2, -0.15) is 10.4 Å². The number of nitriles is 1. The van der Waals surface area contributed by atoms with Crippen LogP contribution in [0.5, 0.6) is 0 Å². The molecule has 0 bridgehead atoms. The molecule has 1 aliphatic rings. The summed E-state index contributed by atoms with van der Waals surface area (Å²) in [6.45, 7) is 0. The summed E-state index contributed by atoms with van der Waals surface area (Å²) in [6, 6.07) is 5.52. The Bertz CT molecular complexity index is 685. The van der Waals surface area contributed by atoms with E-state index in [1.165, 1.54) is 4.68 Å². The maximum atomic E-state index is 13.9. The van der Waals surface area contributed by atoms with Crippen molar-refractivity contribution in [1.82, 2.24) is 9.78 Å². The molecule has 1 aromatic carbocycles. The summed E-state index contributed by atoms with van der Waals surface area (Å²) in [5.74, 6) is -0.844. The number of hydrogen-bond acceptors (Lipinski definition) is 2. The van der Waals surface area contributed by atoms with Gasteiger partial charge in [0.25, 0.3) is 0 Å². The highest BCUT2D eigenvalue weighted by molar-refractivity contribution is 5.39. The molecule has 1 aromatic heterocycles. The van der Waals surface area contributed by atoms with E-state index in [0.717, 1.165) is 48.7 Å². The predicted octanol–water partition coefficient (Wildman–Crippen LogP) is 3.48. The number of aromatic nitrogens is 2. The molecular formula is C15H13F2N3. The first-order valence-electron chi connectivity index (χ1n) is 6.60. The summed E-state index contributed by atoms with van der Waals surface area (Å²) in [4.78, 5) is 0. The third-order valence-electron chi connectivity index (χ3n) is 3.78. The van der Waals surface area contributed by atoms with E-state index in [4.69, 9.17) is 5.26 Å². The van der Waals surface area contributed by atoms with Crippen molar-refractivity contribution < 1.29 is 8.78 Å². The first-order valence-corrected chi connectivity index (χ1v) is 6.60. The minimum absolute atomic E-state index is 0.129. The van der Waals surface area contributed by atoms with Gasteiger partial charge in [-0.15, -0.1) is 0 Å². The van der Waals surface area contributed by atoms with E-state index in [1.54, 1.807) is 6.20 Å². The van der Waals surface area contributed by atoms with E-state index in [9.17, 15) is 8.78 Å². The predicted molar refractivity (Wildman–Crippen MR) is 69.4 cm³/mol. The minimum Gasteiger partial charge on any atom is -0.234 e. The third kappa shape index (κ3) is 2.07. The Morgan fingerprint density at radius 1 is 1.40 bits per heavy atom. The first kappa shape index (κ1) is 12.8. The molecule has 1 atom stereocenters. The Morgan fingerprint density at radius 2 is 2.25 bits per heavy atom. The van der Waals surface area contributed by atoms with Gasteiger partial charge < -0.3 is 0 Å². The van der Waals surface area contributed by atoms with Gasteiger partial charge in [0.05, 0.1) is 12.3 Å². The van der Waals surface area contributed by atoms with Crippen LogP contribution in [0.1, 0.15) is 36.4 Å². The van der Waals surface area contributed by atoms with Crippen LogP contribution in [0.4, 0.5) is 8.78 Å². The lowest BCUT2D eigenvalue weighted by molar-refractivity contribution is 0.542. The molecule has 0 spiro atoms. The Kier molecular flexibility index (Phi) is 3.23. The molecule has 0 saturated heterocycles. The fraction of sp³-hybridized carbons (Fsp3) is 0.333. The quantitative estimate of drug-likeness (QED) is 0.840. The van der Waals surface area contributed by atoms with E-state index in [2.05, 4.69) is 11.2 Å². The SMILES string of the molecule is N#CCC1CCCc2c1cnn2-c1cc(F)ccc1F. The number of hydrogen-bond donors (Lipinski definition) is 0. The topological polar surface area (TPSA) is 41.6 Å². The zero-order valence-electron chi connectivity index (χ0n) is 10.8. The monoisotopic (exact) mass is 273 g/mol. The second-order valence-electron chi connectivity index (χ2n) is 5.01. The van der Waals surface area contributed by atoms with E-state index >= 15 is 0 Å². The minimum atomic E-state index is -0.500. The van der Waals surface area contributed by atoms with Crippen molar-refractivity contribution in [2.75, 3.05) is 0 Å². The van der Waals surface area contributed by atoms with Crippen LogP contribution in [0.3, 0.4) is 0 Å². The van der Waals surface area contributed by atoms with E-state index in [-0.39, 0.29) is 11.6 Å². The average Bonchev–Trinajstić information content (AvgIpc) is 2.87. The van der Waals surface area contributed by atoms with Gasteiger partial charge in [-0.05, 0) is 37.0 Å². The molecule has 102 valence electrons. The molecule has 1 unspecified atom stereocenters. The lowest BCUT2D eigenvalue weighted by Crippen LogP contribution is -2.12. The highest BCUT2D eigenvalue weighted by Gasteiger charge is 2.25. The molecule has 3 rings (SSSR count). The van der Waals surface area contributed by atoms with Gasteiger partial charge >= 0.3 is 0 Å². The maximum Gasteiger partial charge on any atom is 0.149 e. The van der Waals surface area contributed by atoms with Crippen LogP contribution < -0.4 is 0 Å². The normalized spacial score (nSPS) is 17.6. The summed E-state index contributed by atoms with van der Waals surface area (Å²) in [5.41, 5.74) is 2.01. The Labute approximate surface area is 115 Å². The van der Waals surface area contributed by atoms with Crippen LogP contribution in [-0.4, -0.2) is 9.78 Å². The first-order chi connectivity index (χ1) is 9.70. The molecule has 0 amide bonds. The molecular weight excluding hydrogens is 260 g/mol. The van der Waals surface area contributed by atoms with Gasteiger partial charge in [0.15, 0.2) is 0 Å². The van der Waals surface area contributed by atoms with Gasteiger partial charge in [0.2, 0.25) is 0 Å². The highest BCUT2D eigenvalue weighted by atomic mass is 19.1. The van der Waals surface area contributed by atoms with Gasteiger partial charge in [0.1, 0.15) is 17.3 Å². The van der Waals surface area contributed by atoms with Gasteiger partial charge in [0, 0.05) is 24.1 Å². The highest BCUT2D eigenvalue weighted by Crippen LogP contribution is 2.35. The Morgan fingerprint density at radius 3 is 3.05 bits per heavy atom. The summed E-state index contributed by atoms with van der Waals surface area (Å²) >= 11 is 0. The van der Waals surface area contributed by atoms with Gasteiger partial charge in [-0.25, -0.2) is 13.5 Å². The zero-order valence-corrected chi connectivity index (χ0v) is 10.8. The van der Waals surface area contributed by atoms with E-state index in [1.807, 2.05) is 0 Å². The maximum absolute atomic E-state index is 13.9. The summed E-state index contributed by atoms with van der Waals surface area (Å²) in [5, 5.41) is 13.1. The lowest BCUT2D eigenvalue weighted by Gasteiger charge is -2.21. The Hall–Kier alpha value is -2.22. The number of benzene rings is 1. The molecule has 3 nitrogen and oxygen atoms in total. The smallest absolute Gasteiger partial charge is 0.149 e. The zero-order chi connectivity index (χ0) is 14.1. The van der Waals surface area contributed by atoms with E-state index in [0.29, 0.717) is 6.42 Å². The van der Waals surface area contributed by atoms with Crippen molar-refractivity contribution in [2.24, 2.45) is 0 Å². The molecule has 0 N–H and O–H groups in total. The molecule has 1 aliphatic carbocycles. The molecule has 20 heavy (non-hydrogen) atoms. The average molecular weight is 273 g/mol. The number of fused-ring (bicyclic) bond motifs is 1. The standard InChI is InChI=1S/C15H13F2N3/c16-11-4-5-13(17)15(8-11)20-14-3-1-2-10(6-7-18)12(14)9-19-20/h4-5,8-10H,1-3,6H2. The summed E-state index contributed by atoms with van der Waals surface area (Å²) < 4.78 is 28.7. The summed E-state index contributed by atoms with van der Waals surface area (Å²) in [7, 11) is 0. The van der Waals surface area contributed by atoms with Crippen LogP contribution in [-0.2, 0) is 6.42 Å². The van der Waals surface area contributed by atoms with Gasteiger partial charge in [-0.3, -0.25) is 0 Å². The third-order valence-corrected chi connectivity index (χ3v) is 3.78. The molecule has 2 aromatic rings. The fourth-order valence-corrected chi connectivity index (χ4v) is 2.83. The lowest BCUT2D eigenvalue weighted by atomic mass is 9.85. The number of halogens is 2. The van der Waals surface area contributed by atoms with Crippen LogP contribution in [0.25, 0.3) is 5.69 Å². The van der Waals surface area contributed by atoms with Crippen molar-refractivity contribution in [2.45, 2.75) is 31.6 Å². The van der Waals surface area contributed by atoms with Crippen molar-refractivity contribution in [1.29, 1.82) is 5.26 Å². The van der Waals surface area contributed by atoms with Crippen LogP contribution in [0.15, 0.2) is 24.4 Å². The van der Waals surface area contributed by atoms with Crippen LogP contribution in [0, 0.1) is 23.0 Å². The second-order valence-corrected chi connectivity index (χ2v) is 5.01. The van der Waals surface area contributed by atoms with Crippen molar-refractivity contribution in [3.05, 3.63) is 47.3 Å². The number of nitrogens with zero attached hydrogens (tertiary/aromatic N) is 3. The molecule has 5 heteroatoms. The molecule has 0 saturated carbocycles.